The molecular weight excluding hydrogens is 449 g/mol. The first-order chi connectivity index (χ1) is 16.4. The number of ether oxygens (including phenoxy) is 2. The molecule has 1 amide bonds. The third kappa shape index (κ3) is 5.91. The molecule has 10 heteroatoms. The van der Waals surface area contributed by atoms with E-state index >= 15 is 0 Å². The number of nitrogens with one attached hydrogen (secondary N) is 1. The molecule has 34 heavy (non-hydrogen) atoms. The Bertz CT molecular complexity index is 1230. The monoisotopic (exact) mass is 468 g/mol. The van der Waals surface area contributed by atoms with Gasteiger partial charge in [-0.2, -0.15) is 18.3 Å². The van der Waals surface area contributed by atoms with E-state index in [1.807, 2.05) is 30.3 Å². The van der Waals surface area contributed by atoms with Crippen molar-refractivity contribution in [1.82, 2.24) is 14.8 Å². The van der Waals surface area contributed by atoms with Gasteiger partial charge in [-0.15, -0.1) is 0 Å². The highest BCUT2D eigenvalue weighted by Crippen LogP contribution is 2.33. The van der Waals surface area contributed by atoms with Gasteiger partial charge in [-0.05, 0) is 48.0 Å². The summed E-state index contributed by atoms with van der Waals surface area (Å²) in [6.07, 6.45) is -2.02. The lowest BCUT2D eigenvalue weighted by Crippen LogP contribution is -2.21. The molecule has 0 radical (unpaired) electrons. The summed E-state index contributed by atoms with van der Waals surface area (Å²) in [5, 5.41) is 6.37. The number of benzene rings is 3. The number of alkyl halides is 3. The van der Waals surface area contributed by atoms with Crippen molar-refractivity contribution in [1.29, 1.82) is 0 Å². The fourth-order valence-electron chi connectivity index (χ4n) is 3.05. The number of rotatable bonds is 8. The van der Waals surface area contributed by atoms with Gasteiger partial charge in [-0.3, -0.25) is 4.79 Å². The Morgan fingerprint density at radius 3 is 2.29 bits per heavy atom. The van der Waals surface area contributed by atoms with Crippen LogP contribution in [-0.2, 0) is 17.6 Å². The lowest BCUT2D eigenvalue weighted by Gasteiger charge is -2.15. The molecule has 0 unspecified atom stereocenters. The molecule has 0 aliphatic rings. The molecule has 0 atom stereocenters. The third-order valence-electron chi connectivity index (χ3n) is 4.71. The predicted molar refractivity (Wildman–Crippen MR) is 118 cm³/mol. The second-order valence-corrected chi connectivity index (χ2v) is 7.15. The van der Waals surface area contributed by atoms with Crippen molar-refractivity contribution in [3.63, 3.8) is 0 Å². The van der Waals surface area contributed by atoms with E-state index in [1.165, 1.54) is 23.4 Å². The summed E-state index contributed by atoms with van der Waals surface area (Å²) in [6.45, 7) is 0.00576. The Morgan fingerprint density at radius 1 is 0.941 bits per heavy atom. The van der Waals surface area contributed by atoms with Crippen molar-refractivity contribution in [2.24, 2.45) is 0 Å². The van der Waals surface area contributed by atoms with Crippen molar-refractivity contribution in [3.05, 3.63) is 96.6 Å². The maximum Gasteiger partial charge on any atom is 0.416 e. The van der Waals surface area contributed by atoms with Gasteiger partial charge in [0.25, 0.3) is 5.91 Å². The van der Waals surface area contributed by atoms with Crippen LogP contribution in [0.15, 0.2) is 85.5 Å². The molecule has 0 saturated heterocycles. The summed E-state index contributed by atoms with van der Waals surface area (Å²) in [7, 11) is 0. The lowest BCUT2D eigenvalue weighted by molar-refractivity contribution is -0.137. The first-order valence-electron chi connectivity index (χ1n) is 10.1. The molecule has 0 bridgehead atoms. The number of anilines is 1. The Hall–Kier alpha value is -4.34. The van der Waals surface area contributed by atoms with Crippen molar-refractivity contribution in [3.8, 4) is 17.2 Å². The van der Waals surface area contributed by atoms with Gasteiger partial charge in [0.05, 0.1) is 16.9 Å². The second kappa shape index (κ2) is 10.1. The molecule has 3 aromatic carbocycles. The first kappa shape index (κ1) is 22.8. The number of carbonyl (C=O) groups excluding carboxylic acids is 1. The first-order valence-corrected chi connectivity index (χ1v) is 10.1. The van der Waals surface area contributed by atoms with Crippen LogP contribution in [-0.4, -0.2) is 27.3 Å². The summed E-state index contributed by atoms with van der Waals surface area (Å²) in [5.74, 6) is 0.398. The normalized spacial score (nSPS) is 11.1. The van der Waals surface area contributed by atoms with Crippen LogP contribution in [0.5, 0.6) is 11.5 Å². The summed E-state index contributed by atoms with van der Waals surface area (Å²) >= 11 is 0. The van der Waals surface area contributed by atoms with E-state index in [1.54, 1.807) is 24.3 Å². The molecule has 7 nitrogen and oxygen atoms in total. The van der Waals surface area contributed by atoms with Crippen molar-refractivity contribution in [2.45, 2.75) is 12.8 Å². The predicted octanol–water partition coefficient (Wildman–Crippen LogP) is 4.88. The minimum absolute atomic E-state index is 0.0708. The van der Waals surface area contributed by atoms with Gasteiger partial charge in [0.1, 0.15) is 30.8 Å². The van der Waals surface area contributed by atoms with Gasteiger partial charge in [-0.25, -0.2) is 9.67 Å². The Labute approximate surface area is 192 Å². The van der Waals surface area contributed by atoms with Crippen molar-refractivity contribution >= 4 is 11.6 Å². The Kier molecular flexibility index (Phi) is 6.77. The molecule has 1 aromatic heterocycles. The molecule has 0 fully saturated rings. The number of hydrogen-bond acceptors (Lipinski definition) is 5. The maximum atomic E-state index is 13.2. The summed E-state index contributed by atoms with van der Waals surface area (Å²) in [4.78, 5) is 16.2. The lowest BCUT2D eigenvalue weighted by atomic mass is 10.1. The van der Waals surface area contributed by atoms with E-state index in [4.69, 9.17) is 9.47 Å². The van der Waals surface area contributed by atoms with Crippen LogP contribution in [0.25, 0.3) is 5.69 Å². The van der Waals surface area contributed by atoms with Crippen LogP contribution in [0, 0.1) is 0 Å². The van der Waals surface area contributed by atoms with E-state index in [0.717, 1.165) is 17.7 Å². The number of aromatic nitrogens is 3. The number of halogens is 3. The van der Waals surface area contributed by atoms with Crippen LogP contribution in [0.4, 0.5) is 18.9 Å². The summed E-state index contributed by atoms with van der Waals surface area (Å²) in [6, 6.07) is 19.3. The molecule has 0 aliphatic carbocycles. The smallest absolute Gasteiger partial charge is 0.416 e. The van der Waals surface area contributed by atoms with Gasteiger partial charge in [0.2, 0.25) is 0 Å². The van der Waals surface area contributed by atoms with Gasteiger partial charge >= 0.3 is 6.18 Å². The van der Waals surface area contributed by atoms with E-state index in [9.17, 15) is 18.0 Å². The van der Waals surface area contributed by atoms with Gasteiger partial charge in [0.15, 0.2) is 6.61 Å². The van der Waals surface area contributed by atoms with Crippen molar-refractivity contribution in [2.75, 3.05) is 11.9 Å². The molecule has 4 rings (SSSR count). The SMILES string of the molecule is O=C(COc1ccc(OCc2ccccc2)cc1)Nc1cc(C(F)(F)F)ccc1-n1cncn1. The fraction of sp³-hybridized carbons (Fsp3) is 0.125. The fourth-order valence-corrected chi connectivity index (χ4v) is 3.05. The highest BCUT2D eigenvalue weighted by Gasteiger charge is 2.31. The molecule has 0 aliphatic heterocycles. The topological polar surface area (TPSA) is 78.3 Å². The Morgan fingerprint density at radius 2 is 1.65 bits per heavy atom. The van der Waals surface area contributed by atoms with Crippen LogP contribution in [0.3, 0.4) is 0 Å². The zero-order chi connectivity index (χ0) is 24.0. The molecule has 1 N–H and O–H groups in total. The number of amides is 1. The van der Waals surface area contributed by atoms with Crippen LogP contribution >= 0.6 is 0 Å². The number of nitrogens with zero attached hydrogens (tertiary/aromatic N) is 3. The highest BCUT2D eigenvalue weighted by molar-refractivity contribution is 5.94. The Balaban J connectivity index is 1.37. The molecule has 0 saturated carbocycles. The van der Waals surface area contributed by atoms with Crippen LogP contribution < -0.4 is 14.8 Å². The molecule has 4 aromatic rings. The largest absolute Gasteiger partial charge is 0.489 e. The van der Waals surface area contributed by atoms with E-state index < -0.39 is 24.3 Å². The molecule has 1 heterocycles. The number of hydrogen-bond donors (Lipinski definition) is 1. The van der Waals surface area contributed by atoms with E-state index in [-0.39, 0.29) is 11.4 Å². The molecular formula is C24H19F3N4O3. The molecule has 0 spiro atoms. The third-order valence-corrected chi connectivity index (χ3v) is 4.71. The molecule has 174 valence electrons. The average Bonchev–Trinajstić information content (AvgIpc) is 3.37. The summed E-state index contributed by atoms with van der Waals surface area (Å²) < 4.78 is 51.9. The van der Waals surface area contributed by atoms with Crippen LogP contribution in [0.2, 0.25) is 0 Å². The minimum atomic E-state index is -4.57. The maximum absolute atomic E-state index is 13.2. The van der Waals surface area contributed by atoms with Gasteiger partial charge in [0, 0.05) is 0 Å². The zero-order valence-electron chi connectivity index (χ0n) is 17.7. The quantitative estimate of drug-likeness (QED) is 0.399. The van der Waals surface area contributed by atoms with E-state index in [2.05, 4.69) is 15.4 Å². The minimum Gasteiger partial charge on any atom is -0.489 e. The van der Waals surface area contributed by atoms with Gasteiger partial charge in [-0.1, -0.05) is 30.3 Å². The van der Waals surface area contributed by atoms with Crippen LogP contribution in [0.1, 0.15) is 11.1 Å². The number of carbonyl (C=O) groups is 1. The standard InChI is InChI=1S/C24H19F3N4O3/c25-24(26,27)18-6-11-22(31-16-28-15-29-31)21(12-18)30-23(32)14-34-20-9-7-19(8-10-20)33-13-17-4-2-1-3-5-17/h1-12,15-16H,13-14H2,(H,30,32). The second-order valence-electron chi connectivity index (χ2n) is 7.15. The highest BCUT2D eigenvalue weighted by atomic mass is 19.4. The zero-order valence-corrected chi connectivity index (χ0v) is 17.7. The van der Waals surface area contributed by atoms with Gasteiger partial charge < -0.3 is 14.8 Å². The van der Waals surface area contributed by atoms with E-state index in [0.29, 0.717) is 18.1 Å². The summed E-state index contributed by atoms with van der Waals surface area (Å²) in [5.41, 5.74) is 0.287. The average molecular weight is 468 g/mol. The van der Waals surface area contributed by atoms with Crippen molar-refractivity contribution < 1.29 is 27.4 Å².